The van der Waals surface area contributed by atoms with Crippen LogP contribution in [0.4, 0.5) is 23.7 Å². The number of nitrogens with one attached hydrogen (secondary N) is 1. The molecule has 0 unspecified atom stereocenters. The number of rotatable bonds is 2. The number of alkyl halides is 3. The summed E-state index contributed by atoms with van der Waals surface area (Å²) in [7, 11) is 0. The third-order valence-electron chi connectivity index (χ3n) is 4.48. The minimum Gasteiger partial charge on any atom is -0.444 e. The first-order valence-electron chi connectivity index (χ1n) is 9.17. The van der Waals surface area contributed by atoms with E-state index in [1.54, 1.807) is 20.8 Å². The zero-order valence-electron chi connectivity index (χ0n) is 16.7. The van der Waals surface area contributed by atoms with Crippen LogP contribution in [0.1, 0.15) is 48.1 Å². The van der Waals surface area contributed by atoms with Gasteiger partial charge in [-0.1, -0.05) is 0 Å². The monoisotopic (exact) mass is 425 g/mol. The first kappa shape index (κ1) is 21.6. The van der Waals surface area contributed by atoms with Gasteiger partial charge in [-0.05, 0) is 45.0 Å². The van der Waals surface area contributed by atoms with Crippen molar-refractivity contribution >= 4 is 17.7 Å². The van der Waals surface area contributed by atoms with Crippen LogP contribution < -0.4 is 10.9 Å². The second-order valence-electron chi connectivity index (χ2n) is 7.90. The summed E-state index contributed by atoms with van der Waals surface area (Å²) in [6.07, 6.45) is -4.56. The minimum absolute atomic E-state index is 0.000608. The second-order valence-corrected chi connectivity index (χ2v) is 7.90. The molecule has 0 spiro atoms. The van der Waals surface area contributed by atoms with Crippen LogP contribution in [0.3, 0.4) is 0 Å². The first-order chi connectivity index (χ1) is 13.9. The zero-order valence-corrected chi connectivity index (χ0v) is 16.7. The van der Waals surface area contributed by atoms with Gasteiger partial charge in [0.05, 0.1) is 17.8 Å². The van der Waals surface area contributed by atoms with Gasteiger partial charge in [0.1, 0.15) is 5.60 Å². The fourth-order valence-electron chi connectivity index (χ4n) is 3.00. The lowest BCUT2D eigenvalue weighted by Gasteiger charge is -2.30. The number of H-pyrrole nitrogens is 1. The van der Waals surface area contributed by atoms with E-state index < -0.39 is 29.3 Å². The van der Waals surface area contributed by atoms with E-state index in [1.165, 1.54) is 4.90 Å². The fourth-order valence-corrected chi connectivity index (χ4v) is 3.00. The minimum atomic E-state index is -4.49. The summed E-state index contributed by atoms with van der Waals surface area (Å²) in [5.41, 5.74) is -0.246. The van der Waals surface area contributed by atoms with E-state index in [1.807, 2.05) is 0 Å². The smallest absolute Gasteiger partial charge is 0.416 e. The number of benzene rings is 1. The van der Waals surface area contributed by atoms with E-state index in [4.69, 9.17) is 10.6 Å². The maximum atomic E-state index is 12.8. The van der Waals surface area contributed by atoms with Crippen LogP contribution >= 0.6 is 0 Å². The highest BCUT2D eigenvalue weighted by Gasteiger charge is 2.33. The topological polar surface area (TPSA) is 105 Å². The van der Waals surface area contributed by atoms with Crippen LogP contribution in [0.15, 0.2) is 24.3 Å². The van der Waals surface area contributed by atoms with Crippen molar-refractivity contribution in [2.45, 2.75) is 45.5 Å². The van der Waals surface area contributed by atoms with Crippen LogP contribution in [0.25, 0.3) is 0 Å². The molecule has 2 amide bonds. The van der Waals surface area contributed by atoms with Crippen molar-refractivity contribution in [1.29, 1.82) is 0 Å². The van der Waals surface area contributed by atoms with E-state index >= 15 is 0 Å². The standard InChI is InChI=1S/C19H22F3N5O3/c1-18(2,3)30-17(29)26-9-8-14-13(10-26)15(25-24-14)16(28)27(23)12-6-4-11(5-7-12)19(20,21)22/h4-7H,8-10,23H2,1-3H3,(H,24,25). The van der Waals surface area contributed by atoms with Crippen molar-refractivity contribution in [3.63, 3.8) is 0 Å². The van der Waals surface area contributed by atoms with Gasteiger partial charge in [-0.25, -0.2) is 15.6 Å². The number of hydrogen-bond donors (Lipinski definition) is 2. The van der Waals surface area contributed by atoms with Crippen molar-refractivity contribution in [1.82, 2.24) is 15.1 Å². The average Bonchev–Trinajstić information content (AvgIpc) is 3.08. The molecule has 0 atom stereocenters. The maximum absolute atomic E-state index is 12.8. The molecule has 1 aliphatic heterocycles. The van der Waals surface area contributed by atoms with Crippen LogP contribution in [-0.4, -0.2) is 39.2 Å². The predicted octanol–water partition coefficient (Wildman–Crippen LogP) is 3.24. The molecular formula is C19H22F3N5O3. The molecule has 1 aromatic heterocycles. The molecule has 3 N–H and O–H groups in total. The lowest BCUT2D eigenvalue weighted by molar-refractivity contribution is -0.137. The number of hydrazine groups is 1. The highest BCUT2D eigenvalue weighted by atomic mass is 19.4. The molecule has 2 heterocycles. The molecule has 8 nitrogen and oxygen atoms in total. The van der Waals surface area contributed by atoms with Gasteiger partial charge in [-0.15, -0.1) is 0 Å². The number of anilines is 1. The maximum Gasteiger partial charge on any atom is 0.416 e. The number of halogens is 3. The molecule has 0 radical (unpaired) electrons. The van der Waals surface area contributed by atoms with Crippen LogP contribution in [0, 0.1) is 0 Å². The molecule has 1 aromatic carbocycles. The van der Waals surface area contributed by atoms with Crippen molar-refractivity contribution in [3.8, 4) is 0 Å². The molecule has 0 fully saturated rings. The van der Waals surface area contributed by atoms with E-state index in [0.717, 1.165) is 29.3 Å². The van der Waals surface area contributed by atoms with E-state index in [-0.39, 0.29) is 17.9 Å². The molecule has 0 bridgehead atoms. The van der Waals surface area contributed by atoms with Crippen LogP contribution in [-0.2, 0) is 23.9 Å². The molecule has 1 aliphatic rings. The summed E-state index contributed by atoms with van der Waals surface area (Å²) in [5.74, 6) is 5.13. The average molecular weight is 425 g/mol. The highest BCUT2D eigenvalue weighted by Crippen LogP contribution is 2.30. The Morgan fingerprint density at radius 2 is 1.83 bits per heavy atom. The number of amides is 2. The number of ether oxygens (including phenoxy) is 1. The van der Waals surface area contributed by atoms with Crippen molar-refractivity contribution in [2.75, 3.05) is 11.6 Å². The SMILES string of the molecule is CC(C)(C)OC(=O)N1CCc2[nH]nc(C(=O)N(N)c3ccc(C(F)(F)F)cc3)c2C1. The first-order valence-corrected chi connectivity index (χ1v) is 9.17. The number of carbonyl (C=O) groups excluding carboxylic acids is 2. The zero-order chi connectivity index (χ0) is 22.3. The van der Waals surface area contributed by atoms with Crippen LogP contribution in [0.2, 0.25) is 0 Å². The van der Waals surface area contributed by atoms with Gasteiger partial charge in [0.2, 0.25) is 0 Å². The number of aromatic nitrogens is 2. The molecule has 3 rings (SSSR count). The molecule has 11 heteroatoms. The van der Waals surface area contributed by atoms with Gasteiger partial charge in [-0.2, -0.15) is 18.3 Å². The fraction of sp³-hybridized carbons (Fsp3) is 0.421. The number of nitrogens with two attached hydrogens (primary N) is 1. The van der Waals surface area contributed by atoms with E-state index in [0.29, 0.717) is 24.2 Å². The molecule has 0 aliphatic carbocycles. The number of hydrogen-bond acceptors (Lipinski definition) is 5. The third kappa shape index (κ3) is 4.56. The van der Waals surface area contributed by atoms with Gasteiger partial charge >= 0.3 is 12.3 Å². The van der Waals surface area contributed by atoms with Crippen molar-refractivity contribution in [2.24, 2.45) is 5.84 Å². The Labute approximate surface area is 170 Å². The molecule has 2 aromatic rings. The van der Waals surface area contributed by atoms with Gasteiger partial charge in [0.25, 0.3) is 5.91 Å². The molecule has 162 valence electrons. The Kier molecular flexibility index (Phi) is 5.50. The largest absolute Gasteiger partial charge is 0.444 e. The molecular weight excluding hydrogens is 403 g/mol. The lowest BCUT2D eigenvalue weighted by atomic mass is 10.1. The highest BCUT2D eigenvalue weighted by molar-refractivity contribution is 6.05. The van der Waals surface area contributed by atoms with E-state index in [9.17, 15) is 22.8 Å². The Balaban J connectivity index is 1.79. The van der Waals surface area contributed by atoms with Gasteiger partial charge < -0.3 is 9.64 Å². The Morgan fingerprint density at radius 1 is 1.20 bits per heavy atom. The van der Waals surface area contributed by atoms with Gasteiger partial charge in [0.15, 0.2) is 5.69 Å². The van der Waals surface area contributed by atoms with Crippen LogP contribution in [0.5, 0.6) is 0 Å². The van der Waals surface area contributed by atoms with Gasteiger partial charge in [0, 0.05) is 24.2 Å². The number of aromatic amines is 1. The molecule has 0 saturated carbocycles. The molecule has 0 saturated heterocycles. The summed E-state index contributed by atoms with van der Waals surface area (Å²) in [6.45, 7) is 5.75. The van der Waals surface area contributed by atoms with E-state index in [2.05, 4.69) is 10.2 Å². The summed E-state index contributed by atoms with van der Waals surface area (Å²) in [6, 6.07) is 3.89. The number of nitrogens with zero attached hydrogens (tertiary/aromatic N) is 3. The Morgan fingerprint density at radius 3 is 2.40 bits per heavy atom. The number of carbonyl (C=O) groups is 2. The van der Waals surface area contributed by atoms with Crippen molar-refractivity contribution in [3.05, 3.63) is 46.8 Å². The summed E-state index contributed by atoms with van der Waals surface area (Å²) < 4.78 is 43.6. The Bertz CT molecular complexity index is 948. The Hall–Kier alpha value is -3.08. The number of fused-ring (bicyclic) bond motifs is 1. The third-order valence-corrected chi connectivity index (χ3v) is 4.48. The summed E-state index contributed by atoms with van der Waals surface area (Å²) in [5, 5.41) is 7.51. The predicted molar refractivity (Wildman–Crippen MR) is 101 cm³/mol. The van der Waals surface area contributed by atoms with Gasteiger partial charge in [-0.3, -0.25) is 9.89 Å². The van der Waals surface area contributed by atoms with Crippen molar-refractivity contribution < 1.29 is 27.5 Å². The normalized spacial score (nSPS) is 14.3. The lowest BCUT2D eigenvalue weighted by Crippen LogP contribution is -2.41. The summed E-state index contributed by atoms with van der Waals surface area (Å²) in [4.78, 5) is 26.6. The molecule has 30 heavy (non-hydrogen) atoms. The summed E-state index contributed by atoms with van der Waals surface area (Å²) >= 11 is 0. The second kappa shape index (κ2) is 7.63. The quantitative estimate of drug-likeness (QED) is 0.437.